The Hall–Kier alpha value is -2.90. The number of fused-ring (bicyclic) bond motifs is 1. The van der Waals surface area contributed by atoms with Crippen LogP contribution in [0, 0.1) is 12.3 Å². The van der Waals surface area contributed by atoms with Crippen LogP contribution in [0.25, 0.3) is 6.08 Å². The number of hydrogen-bond acceptors (Lipinski definition) is 3. The topological polar surface area (TPSA) is 47.6 Å². The van der Waals surface area contributed by atoms with Gasteiger partial charge < -0.3 is 14.8 Å². The van der Waals surface area contributed by atoms with Gasteiger partial charge in [-0.25, -0.2) is 0 Å². The van der Waals surface area contributed by atoms with Crippen molar-refractivity contribution in [3.63, 3.8) is 0 Å². The molecule has 0 saturated heterocycles. The van der Waals surface area contributed by atoms with Gasteiger partial charge in [-0.05, 0) is 42.0 Å². The molecule has 0 atom stereocenters. The number of rotatable bonds is 3. The second-order valence-corrected chi connectivity index (χ2v) is 5.48. The lowest BCUT2D eigenvalue weighted by Gasteiger charge is -2.19. The van der Waals surface area contributed by atoms with Gasteiger partial charge in [0.05, 0.1) is 5.02 Å². The van der Waals surface area contributed by atoms with Gasteiger partial charge in [0.1, 0.15) is 13.2 Å². The number of ether oxygens (including phenoxy) is 2. The smallest absolute Gasteiger partial charge is 0.248 e. The van der Waals surface area contributed by atoms with Crippen LogP contribution >= 0.6 is 11.6 Å². The summed E-state index contributed by atoms with van der Waals surface area (Å²) in [5.41, 5.74) is 2.09. The third-order valence-electron chi connectivity index (χ3n) is 3.34. The largest absolute Gasteiger partial charge is 0.486 e. The minimum absolute atomic E-state index is 0.268. The first kappa shape index (κ1) is 16.0. The molecule has 120 valence electrons. The van der Waals surface area contributed by atoms with Crippen LogP contribution < -0.4 is 14.8 Å². The maximum Gasteiger partial charge on any atom is 0.248 e. The second-order valence-electron chi connectivity index (χ2n) is 5.07. The molecule has 3 rings (SSSR count). The predicted molar refractivity (Wildman–Crippen MR) is 94.5 cm³/mol. The minimum Gasteiger partial charge on any atom is -0.486 e. The van der Waals surface area contributed by atoms with E-state index >= 15 is 0 Å². The fourth-order valence-electron chi connectivity index (χ4n) is 2.27. The summed E-state index contributed by atoms with van der Waals surface area (Å²) in [5, 5.41) is 3.21. The number of nitrogens with one attached hydrogen (secondary N) is 1. The number of halogens is 1. The zero-order valence-corrected chi connectivity index (χ0v) is 13.5. The summed E-state index contributed by atoms with van der Waals surface area (Å²) in [6, 6.07) is 10.6. The van der Waals surface area contributed by atoms with Crippen LogP contribution in [0.15, 0.2) is 42.5 Å². The predicted octanol–water partition coefficient (Wildman–Crippen LogP) is 3.74. The summed E-state index contributed by atoms with van der Waals surface area (Å²) in [7, 11) is 0. The molecule has 0 aliphatic carbocycles. The zero-order chi connectivity index (χ0) is 16.9. The molecule has 1 N–H and O–H groups in total. The van der Waals surface area contributed by atoms with Crippen molar-refractivity contribution in [2.75, 3.05) is 18.5 Å². The highest BCUT2D eigenvalue weighted by molar-refractivity contribution is 6.32. The number of carbonyl (C=O) groups excluding carboxylic acids is 1. The van der Waals surface area contributed by atoms with Crippen LogP contribution in [0.4, 0.5) is 5.69 Å². The van der Waals surface area contributed by atoms with E-state index in [0.717, 1.165) is 5.56 Å². The first-order chi connectivity index (χ1) is 11.7. The molecule has 2 aromatic rings. The molecule has 0 radical (unpaired) electrons. The van der Waals surface area contributed by atoms with Crippen molar-refractivity contribution < 1.29 is 14.3 Å². The second kappa shape index (κ2) is 7.12. The first-order valence-corrected chi connectivity index (χ1v) is 7.68. The molecule has 1 amide bonds. The van der Waals surface area contributed by atoms with Gasteiger partial charge >= 0.3 is 0 Å². The lowest BCUT2D eigenvalue weighted by atomic mass is 10.1. The monoisotopic (exact) mass is 339 g/mol. The molecular weight excluding hydrogens is 326 g/mol. The molecule has 0 unspecified atom stereocenters. The summed E-state index contributed by atoms with van der Waals surface area (Å²) in [6.07, 6.45) is 8.42. The van der Waals surface area contributed by atoms with Crippen molar-refractivity contribution in [1.82, 2.24) is 0 Å². The molecule has 0 aromatic heterocycles. The molecular formula is C19H14ClNO3. The van der Waals surface area contributed by atoms with Crippen LogP contribution in [-0.4, -0.2) is 19.1 Å². The summed E-state index contributed by atoms with van der Waals surface area (Å²) in [5.74, 6) is 3.37. The first-order valence-electron chi connectivity index (χ1n) is 7.30. The summed E-state index contributed by atoms with van der Waals surface area (Å²) in [6.45, 7) is 0.948. The number of anilines is 1. The van der Waals surface area contributed by atoms with Crippen molar-refractivity contribution in [1.29, 1.82) is 0 Å². The average molecular weight is 340 g/mol. The highest BCUT2D eigenvalue weighted by Crippen LogP contribution is 2.38. The van der Waals surface area contributed by atoms with E-state index in [4.69, 9.17) is 27.5 Å². The van der Waals surface area contributed by atoms with E-state index in [1.54, 1.807) is 42.5 Å². The number of terminal acetylenes is 1. The molecule has 1 heterocycles. The molecule has 2 aromatic carbocycles. The van der Waals surface area contributed by atoms with E-state index in [2.05, 4.69) is 11.2 Å². The average Bonchev–Trinajstić information content (AvgIpc) is 2.60. The zero-order valence-electron chi connectivity index (χ0n) is 12.7. The van der Waals surface area contributed by atoms with E-state index in [9.17, 15) is 4.79 Å². The van der Waals surface area contributed by atoms with E-state index in [-0.39, 0.29) is 5.91 Å². The molecule has 4 nitrogen and oxygen atoms in total. The highest BCUT2D eigenvalue weighted by atomic mass is 35.5. The Balaban J connectivity index is 1.72. The van der Waals surface area contributed by atoms with Crippen molar-refractivity contribution in [3.8, 4) is 23.8 Å². The van der Waals surface area contributed by atoms with Gasteiger partial charge in [-0.15, -0.1) is 6.42 Å². The summed E-state index contributed by atoms with van der Waals surface area (Å²) in [4.78, 5) is 12.0. The van der Waals surface area contributed by atoms with Crippen molar-refractivity contribution >= 4 is 29.3 Å². The normalized spacial score (nSPS) is 12.7. The van der Waals surface area contributed by atoms with E-state index < -0.39 is 0 Å². The van der Waals surface area contributed by atoms with Crippen molar-refractivity contribution in [2.45, 2.75) is 0 Å². The molecule has 1 aliphatic rings. The van der Waals surface area contributed by atoms with Gasteiger partial charge in [-0.3, -0.25) is 4.79 Å². The van der Waals surface area contributed by atoms with Gasteiger partial charge in [0.2, 0.25) is 5.91 Å². The number of amides is 1. The highest BCUT2D eigenvalue weighted by Gasteiger charge is 2.15. The molecule has 5 heteroatoms. The molecule has 1 aliphatic heterocycles. The van der Waals surface area contributed by atoms with Crippen LogP contribution in [0.3, 0.4) is 0 Å². The Bertz CT molecular complexity index is 852. The Morgan fingerprint density at radius 1 is 1.25 bits per heavy atom. The van der Waals surface area contributed by atoms with Crippen LogP contribution in [0.1, 0.15) is 11.1 Å². The Morgan fingerprint density at radius 3 is 2.92 bits per heavy atom. The molecule has 0 bridgehead atoms. The number of benzene rings is 2. The molecule has 0 fully saturated rings. The van der Waals surface area contributed by atoms with Gasteiger partial charge in [0.25, 0.3) is 0 Å². The van der Waals surface area contributed by atoms with Crippen LogP contribution in [0.5, 0.6) is 11.5 Å². The maximum atomic E-state index is 12.0. The lowest BCUT2D eigenvalue weighted by Crippen LogP contribution is -2.15. The Kier molecular flexibility index (Phi) is 4.74. The molecule has 0 saturated carbocycles. The fraction of sp³-hybridized carbons (Fsp3) is 0.105. The van der Waals surface area contributed by atoms with Crippen molar-refractivity contribution in [2.24, 2.45) is 0 Å². The molecule has 24 heavy (non-hydrogen) atoms. The van der Waals surface area contributed by atoms with Crippen LogP contribution in [-0.2, 0) is 4.79 Å². The third-order valence-corrected chi connectivity index (χ3v) is 3.62. The van der Waals surface area contributed by atoms with Gasteiger partial charge in [-0.2, -0.15) is 0 Å². The fourth-order valence-corrected chi connectivity index (χ4v) is 2.54. The third kappa shape index (κ3) is 3.70. The summed E-state index contributed by atoms with van der Waals surface area (Å²) >= 11 is 6.17. The SMILES string of the molecule is C#Cc1cccc(NC(=O)/C=C/c2cc(Cl)c3c(c2)OCCO3)c1. The van der Waals surface area contributed by atoms with Gasteiger partial charge in [0.15, 0.2) is 11.5 Å². The standard InChI is InChI=1S/C19H14ClNO3/c1-2-13-4-3-5-15(10-13)21-18(22)7-6-14-11-16(20)19-17(12-14)23-8-9-24-19/h1,3-7,10-12H,8-9H2,(H,21,22)/b7-6+. The number of carbonyl (C=O) groups is 1. The van der Waals surface area contributed by atoms with Gasteiger partial charge in [-0.1, -0.05) is 23.6 Å². The Labute approximate surface area is 145 Å². The minimum atomic E-state index is -0.268. The quantitative estimate of drug-likeness (QED) is 0.684. The van der Waals surface area contributed by atoms with E-state index in [1.807, 2.05) is 0 Å². The van der Waals surface area contributed by atoms with Crippen molar-refractivity contribution in [3.05, 3.63) is 58.6 Å². The van der Waals surface area contributed by atoms with E-state index in [1.165, 1.54) is 6.08 Å². The summed E-state index contributed by atoms with van der Waals surface area (Å²) < 4.78 is 11.0. The number of hydrogen-bond donors (Lipinski definition) is 1. The maximum absolute atomic E-state index is 12.0. The lowest BCUT2D eigenvalue weighted by molar-refractivity contribution is -0.111. The Morgan fingerprint density at radius 2 is 2.08 bits per heavy atom. The van der Waals surface area contributed by atoms with Crippen LogP contribution in [0.2, 0.25) is 5.02 Å². The van der Waals surface area contributed by atoms with E-state index in [0.29, 0.717) is 41.0 Å². The van der Waals surface area contributed by atoms with Gasteiger partial charge in [0, 0.05) is 17.3 Å². The molecule has 0 spiro atoms.